The molecule has 0 aliphatic heterocycles. The summed E-state index contributed by atoms with van der Waals surface area (Å²) in [6.07, 6.45) is 0.755. The van der Waals surface area contributed by atoms with E-state index in [9.17, 15) is 9.59 Å². The Kier molecular flexibility index (Phi) is 3.66. The zero-order valence-electron chi connectivity index (χ0n) is 12.6. The Labute approximate surface area is 140 Å². The van der Waals surface area contributed by atoms with Crippen LogP contribution in [0.5, 0.6) is 0 Å². The summed E-state index contributed by atoms with van der Waals surface area (Å²) in [6.45, 7) is 0.500. The number of rotatable bonds is 4. The molecule has 0 aliphatic rings. The number of benzene rings is 1. The molecule has 1 amide bonds. The minimum Gasteiger partial charge on any atom is -0.425 e. The van der Waals surface area contributed by atoms with Crippen LogP contribution in [-0.2, 0) is 6.42 Å². The normalized spacial score (nSPS) is 11.2. The molecule has 1 N–H and O–H groups in total. The van der Waals surface area contributed by atoms with E-state index in [1.807, 2.05) is 17.5 Å². The van der Waals surface area contributed by atoms with Crippen molar-refractivity contribution < 1.29 is 13.6 Å². The Balaban J connectivity index is 1.60. The molecule has 0 fully saturated rings. The molecule has 4 aromatic rings. The fourth-order valence-corrected chi connectivity index (χ4v) is 3.26. The maximum Gasteiger partial charge on any atom is 0.302 e. The summed E-state index contributed by atoms with van der Waals surface area (Å²) in [6, 6.07) is 12.4. The van der Waals surface area contributed by atoms with Crippen molar-refractivity contribution in [2.24, 2.45) is 0 Å². The topological polar surface area (TPSA) is 72.5 Å². The molecule has 0 bridgehead atoms. The van der Waals surface area contributed by atoms with Crippen LogP contribution in [0.2, 0.25) is 0 Å². The molecule has 0 radical (unpaired) electrons. The summed E-state index contributed by atoms with van der Waals surface area (Å²) in [5.74, 6) is -0.212. The van der Waals surface area contributed by atoms with Gasteiger partial charge in [0.15, 0.2) is 5.76 Å². The van der Waals surface area contributed by atoms with Gasteiger partial charge in [-0.15, -0.1) is 11.3 Å². The van der Waals surface area contributed by atoms with Crippen LogP contribution in [0.1, 0.15) is 15.4 Å². The standard InChI is InChI=1S/C18H13NO4S/c20-16-12-5-1-2-6-14(12)22-18-13(16)10-15(23-18)17(21)19-8-7-11-4-3-9-24-11/h1-6,9-10H,7-8H2,(H,19,21). The van der Waals surface area contributed by atoms with Crippen molar-refractivity contribution in [3.8, 4) is 0 Å². The smallest absolute Gasteiger partial charge is 0.302 e. The lowest BCUT2D eigenvalue weighted by molar-refractivity contribution is 0.0927. The molecule has 0 saturated heterocycles. The molecular formula is C18H13NO4S. The molecule has 0 spiro atoms. The Hall–Kier alpha value is -2.86. The monoisotopic (exact) mass is 339 g/mol. The second-order valence-electron chi connectivity index (χ2n) is 5.32. The van der Waals surface area contributed by atoms with Crippen LogP contribution in [0.4, 0.5) is 0 Å². The van der Waals surface area contributed by atoms with Gasteiger partial charge in [-0.05, 0) is 30.0 Å². The number of furan rings is 1. The molecule has 24 heavy (non-hydrogen) atoms. The van der Waals surface area contributed by atoms with Gasteiger partial charge in [0.25, 0.3) is 5.91 Å². The van der Waals surface area contributed by atoms with Gasteiger partial charge in [0.05, 0.1) is 5.39 Å². The molecule has 120 valence electrons. The third-order valence-corrected chi connectivity index (χ3v) is 4.67. The zero-order valence-corrected chi connectivity index (χ0v) is 13.4. The first kappa shape index (κ1) is 14.7. The number of para-hydroxylation sites is 1. The van der Waals surface area contributed by atoms with E-state index >= 15 is 0 Å². The third-order valence-electron chi connectivity index (χ3n) is 3.74. The van der Waals surface area contributed by atoms with Crippen molar-refractivity contribution in [2.45, 2.75) is 6.42 Å². The fourth-order valence-electron chi connectivity index (χ4n) is 2.55. The average molecular weight is 339 g/mol. The minimum absolute atomic E-state index is 0.0714. The summed E-state index contributed by atoms with van der Waals surface area (Å²) < 4.78 is 11.0. The Morgan fingerprint density at radius 2 is 1.96 bits per heavy atom. The van der Waals surface area contributed by atoms with Gasteiger partial charge in [0, 0.05) is 17.5 Å². The predicted octanol–water partition coefficient (Wildman–Crippen LogP) is 3.57. The quantitative estimate of drug-likeness (QED) is 0.617. The van der Waals surface area contributed by atoms with Crippen molar-refractivity contribution in [3.05, 3.63) is 68.7 Å². The van der Waals surface area contributed by atoms with Crippen LogP contribution in [0, 0.1) is 0 Å². The van der Waals surface area contributed by atoms with Crippen molar-refractivity contribution in [3.63, 3.8) is 0 Å². The number of carbonyl (C=O) groups excluding carboxylic acids is 1. The summed E-state index contributed by atoms with van der Waals surface area (Å²) in [4.78, 5) is 25.8. The minimum atomic E-state index is -0.360. The summed E-state index contributed by atoms with van der Waals surface area (Å²) in [5, 5.41) is 5.53. The van der Waals surface area contributed by atoms with Gasteiger partial charge >= 0.3 is 5.78 Å². The molecule has 0 atom stereocenters. The molecule has 1 aromatic carbocycles. The lowest BCUT2D eigenvalue weighted by Crippen LogP contribution is -2.25. The van der Waals surface area contributed by atoms with E-state index < -0.39 is 0 Å². The molecule has 3 heterocycles. The number of carbonyl (C=O) groups is 1. The van der Waals surface area contributed by atoms with Gasteiger partial charge in [0.1, 0.15) is 11.0 Å². The Bertz CT molecular complexity index is 1080. The summed E-state index contributed by atoms with van der Waals surface area (Å²) in [7, 11) is 0. The highest BCUT2D eigenvalue weighted by Crippen LogP contribution is 2.21. The van der Waals surface area contributed by atoms with Crippen molar-refractivity contribution >= 4 is 39.4 Å². The molecule has 0 unspecified atom stereocenters. The first-order valence-corrected chi connectivity index (χ1v) is 8.36. The first-order chi connectivity index (χ1) is 11.7. The maximum atomic E-state index is 12.4. The number of fused-ring (bicyclic) bond motifs is 2. The number of hydrogen-bond donors (Lipinski definition) is 1. The second kappa shape index (κ2) is 5.98. The summed E-state index contributed by atoms with van der Waals surface area (Å²) in [5.41, 5.74) is 0.238. The Morgan fingerprint density at radius 3 is 2.79 bits per heavy atom. The van der Waals surface area contributed by atoms with Gasteiger partial charge in [0.2, 0.25) is 5.43 Å². The van der Waals surface area contributed by atoms with Gasteiger partial charge in [-0.1, -0.05) is 18.2 Å². The van der Waals surface area contributed by atoms with E-state index in [0.717, 1.165) is 6.42 Å². The molecular weight excluding hydrogens is 326 g/mol. The largest absolute Gasteiger partial charge is 0.425 e. The van der Waals surface area contributed by atoms with Crippen molar-refractivity contribution in [1.29, 1.82) is 0 Å². The van der Waals surface area contributed by atoms with E-state index in [0.29, 0.717) is 17.5 Å². The molecule has 6 heteroatoms. The van der Waals surface area contributed by atoms with Crippen LogP contribution in [0.25, 0.3) is 22.1 Å². The predicted molar refractivity (Wildman–Crippen MR) is 92.6 cm³/mol. The first-order valence-electron chi connectivity index (χ1n) is 7.48. The number of amides is 1. The fraction of sp³-hybridized carbons (Fsp3) is 0.111. The molecule has 0 saturated carbocycles. The Morgan fingerprint density at radius 1 is 1.08 bits per heavy atom. The van der Waals surface area contributed by atoms with Crippen LogP contribution >= 0.6 is 11.3 Å². The lowest BCUT2D eigenvalue weighted by Gasteiger charge is -2.00. The highest BCUT2D eigenvalue weighted by Gasteiger charge is 2.17. The molecule has 5 nitrogen and oxygen atoms in total. The third kappa shape index (κ3) is 2.61. The van der Waals surface area contributed by atoms with Crippen LogP contribution in [0.3, 0.4) is 0 Å². The van der Waals surface area contributed by atoms with E-state index in [1.54, 1.807) is 35.6 Å². The number of thiophene rings is 1. The lowest BCUT2D eigenvalue weighted by atomic mass is 10.2. The maximum absolute atomic E-state index is 12.4. The van der Waals surface area contributed by atoms with E-state index in [2.05, 4.69) is 5.32 Å². The van der Waals surface area contributed by atoms with Crippen LogP contribution in [-0.4, -0.2) is 12.5 Å². The molecule has 3 aromatic heterocycles. The van der Waals surface area contributed by atoms with Crippen molar-refractivity contribution in [2.75, 3.05) is 6.54 Å². The van der Waals surface area contributed by atoms with Gasteiger partial charge < -0.3 is 14.2 Å². The van der Waals surface area contributed by atoms with Gasteiger partial charge in [-0.25, -0.2) is 0 Å². The van der Waals surface area contributed by atoms with E-state index in [-0.39, 0.29) is 28.3 Å². The van der Waals surface area contributed by atoms with Gasteiger partial charge in [-0.3, -0.25) is 9.59 Å². The van der Waals surface area contributed by atoms with Crippen molar-refractivity contribution in [1.82, 2.24) is 5.32 Å². The SMILES string of the molecule is O=C(NCCc1cccs1)c1cc2c(=O)c3ccccc3oc2o1. The van der Waals surface area contributed by atoms with Crippen LogP contribution in [0.15, 0.2) is 61.5 Å². The van der Waals surface area contributed by atoms with E-state index in [4.69, 9.17) is 8.83 Å². The molecule has 0 aliphatic carbocycles. The van der Waals surface area contributed by atoms with Gasteiger partial charge in [-0.2, -0.15) is 0 Å². The van der Waals surface area contributed by atoms with Crippen LogP contribution < -0.4 is 10.7 Å². The second-order valence-corrected chi connectivity index (χ2v) is 6.36. The number of hydrogen-bond acceptors (Lipinski definition) is 5. The van der Waals surface area contributed by atoms with E-state index in [1.165, 1.54) is 10.9 Å². The number of nitrogens with one attached hydrogen (secondary N) is 1. The summed E-state index contributed by atoms with van der Waals surface area (Å²) >= 11 is 1.65. The molecule has 4 rings (SSSR count). The average Bonchev–Trinajstić information content (AvgIpc) is 3.24. The highest BCUT2D eigenvalue weighted by molar-refractivity contribution is 7.09. The highest BCUT2D eigenvalue weighted by atomic mass is 32.1. The zero-order chi connectivity index (χ0) is 16.5.